The minimum absolute atomic E-state index is 0.192. The number of hydrogen-bond donors (Lipinski definition) is 1. The van der Waals surface area contributed by atoms with E-state index in [1.807, 2.05) is 45.0 Å². The summed E-state index contributed by atoms with van der Waals surface area (Å²) in [6.07, 6.45) is 0. The summed E-state index contributed by atoms with van der Waals surface area (Å²) in [6.45, 7) is 11.0. The van der Waals surface area contributed by atoms with Gasteiger partial charge in [-0.2, -0.15) is 0 Å². The summed E-state index contributed by atoms with van der Waals surface area (Å²) < 4.78 is 10.7. The highest BCUT2D eigenvalue weighted by Crippen LogP contribution is 2.28. The maximum Gasteiger partial charge on any atom is 0.261 e. The Morgan fingerprint density at radius 2 is 1.96 bits per heavy atom. The van der Waals surface area contributed by atoms with E-state index in [0.717, 1.165) is 37.7 Å². The predicted molar refractivity (Wildman–Crippen MR) is 97.4 cm³/mol. The lowest BCUT2D eigenvalue weighted by molar-refractivity contribution is 0.102. The molecule has 1 N–H and O–H groups in total. The Labute approximate surface area is 148 Å². The van der Waals surface area contributed by atoms with Crippen LogP contribution in [0, 0.1) is 6.92 Å². The molecule has 1 aromatic carbocycles. The number of benzene rings is 1. The fourth-order valence-corrected chi connectivity index (χ4v) is 2.95. The Bertz CT molecular complexity index is 756. The summed E-state index contributed by atoms with van der Waals surface area (Å²) in [7, 11) is 0. The van der Waals surface area contributed by atoms with Crippen LogP contribution in [0.15, 0.2) is 28.8 Å². The highest BCUT2D eigenvalue weighted by molar-refractivity contribution is 6.06. The van der Waals surface area contributed by atoms with Gasteiger partial charge in [-0.05, 0) is 25.1 Å². The van der Waals surface area contributed by atoms with Gasteiger partial charge in [-0.1, -0.05) is 32.0 Å². The maximum absolute atomic E-state index is 12.8. The molecule has 1 fully saturated rings. The molecule has 0 unspecified atom stereocenters. The molecule has 1 amide bonds. The molecule has 1 aromatic heterocycles. The average molecular weight is 343 g/mol. The quantitative estimate of drug-likeness (QED) is 0.925. The van der Waals surface area contributed by atoms with Gasteiger partial charge in [0.25, 0.3) is 5.91 Å². The largest absolute Gasteiger partial charge is 0.378 e. The molecule has 1 saturated heterocycles. The fourth-order valence-electron chi connectivity index (χ4n) is 2.95. The number of carbonyl (C=O) groups is 1. The third-order valence-electron chi connectivity index (χ3n) is 4.28. The highest BCUT2D eigenvalue weighted by atomic mass is 16.5. The van der Waals surface area contributed by atoms with Crippen LogP contribution in [0.5, 0.6) is 0 Å². The van der Waals surface area contributed by atoms with Gasteiger partial charge in [0, 0.05) is 29.9 Å². The number of rotatable bonds is 3. The third kappa shape index (κ3) is 3.85. The van der Waals surface area contributed by atoms with Gasteiger partial charge in [0.1, 0.15) is 17.0 Å². The van der Waals surface area contributed by atoms with Crippen molar-refractivity contribution in [1.82, 2.24) is 5.16 Å². The number of carbonyl (C=O) groups excluding carboxylic acids is 1. The van der Waals surface area contributed by atoms with E-state index in [-0.39, 0.29) is 11.3 Å². The maximum atomic E-state index is 12.8. The molecule has 2 heterocycles. The molecule has 3 rings (SSSR count). The van der Waals surface area contributed by atoms with Crippen molar-refractivity contribution in [2.24, 2.45) is 0 Å². The first kappa shape index (κ1) is 17.5. The average Bonchev–Trinajstić information content (AvgIpc) is 2.98. The van der Waals surface area contributed by atoms with E-state index in [9.17, 15) is 4.79 Å². The molecule has 0 bridgehead atoms. The highest BCUT2D eigenvalue weighted by Gasteiger charge is 2.29. The van der Waals surface area contributed by atoms with E-state index < -0.39 is 0 Å². The molecule has 0 spiro atoms. The van der Waals surface area contributed by atoms with Crippen LogP contribution >= 0.6 is 0 Å². The molecule has 6 nitrogen and oxygen atoms in total. The lowest BCUT2D eigenvalue weighted by Crippen LogP contribution is -2.36. The zero-order chi connectivity index (χ0) is 18.0. The molecule has 0 radical (unpaired) electrons. The lowest BCUT2D eigenvalue weighted by Gasteiger charge is -2.29. The molecule has 2 aromatic rings. The molecular formula is C19H25N3O3. The van der Waals surface area contributed by atoms with Gasteiger partial charge in [-0.3, -0.25) is 4.79 Å². The summed E-state index contributed by atoms with van der Waals surface area (Å²) in [4.78, 5) is 15.1. The van der Waals surface area contributed by atoms with Gasteiger partial charge in [0.15, 0.2) is 0 Å². The summed E-state index contributed by atoms with van der Waals surface area (Å²) in [5.41, 5.74) is 2.77. The van der Waals surface area contributed by atoms with E-state index in [2.05, 4.69) is 15.4 Å². The molecule has 0 aliphatic carbocycles. The van der Waals surface area contributed by atoms with E-state index in [1.54, 1.807) is 6.92 Å². The number of nitrogens with zero attached hydrogens (tertiary/aromatic N) is 2. The number of hydrogen-bond acceptors (Lipinski definition) is 5. The Morgan fingerprint density at radius 1 is 1.24 bits per heavy atom. The Kier molecular flexibility index (Phi) is 4.81. The standard InChI is InChI=1S/C19H25N3O3/c1-13-16(17(21-25-13)19(2,3)4)18(23)20-14-6-5-7-15(12-14)22-8-10-24-11-9-22/h5-7,12H,8-11H2,1-4H3,(H,20,23). The van der Waals surface area contributed by atoms with E-state index >= 15 is 0 Å². The summed E-state index contributed by atoms with van der Waals surface area (Å²) in [5.74, 6) is 0.342. The number of aromatic nitrogens is 1. The second kappa shape index (κ2) is 6.88. The van der Waals surface area contributed by atoms with Crippen LogP contribution in [0.3, 0.4) is 0 Å². The summed E-state index contributed by atoms with van der Waals surface area (Å²) in [5, 5.41) is 7.06. The number of nitrogens with one attached hydrogen (secondary N) is 1. The normalized spacial score (nSPS) is 15.3. The lowest BCUT2D eigenvalue weighted by atomic mass is 9.88. The van der Waals surface area contributed by atoms with E-state index in [1.165, 1.54) is 0 Å². The Hall–Kier alpha value is -2.34. The number of anilines is 2. The molecule has 6 heteroatoms. The molecule has 0 saturated carbocycles. The number of ether oxygens (including phenoxy) is 1. The van der Waals surface area contributed by atoms with E-state index in [4.69, 9.17) is 9.26 Å². The zero-order valence-corrected chi connectivity index (χ0v) is 15.3. The first-order chi connectivity index (χ1) is 11.9. The fraction of sp³-hybridized carbons (Fsp3) is 0.474. The van der Waals surface area contributed by atoms with Crippen molar-refractivity contribution in [2.45, 2.75) is 33.1 Å². The number of amides is 1. The van der Waals surface area contributed by atoms with Crippen molar-refractivity contribution in [1.29, 1.82) is 0 Å². The van der Waals surface area contributed by atoms with Crippen molar-refractivity contribution in [3.63, 3.8) is 0 Å². The van der Waals surface area contributed by atoms with Crippen molar-refractivity contribution in [3.05, 3.63) is 41.3 Å². The van der Waals surface area contributed by atoms with Crippen LogP contribution in [-0.2, 0) is 10.2 Å². The Balaban J connectivity index is 1.81. The molecule has 1 aliphatic heterocycles. The topological polar surface area (TPSA) is 67.6 Å². The zero-order valence-electron chi connectivity index (χ0n) is 15.3. The summed E-state index contributed by atoms with van der Waals surface area (Å²) >= 11 is 0. The van der Waals surface area contributed by atoms with Crippen molar-refractivity contribution in [3.8, 4) is 0 Å². The van der Waals surface area contributed by atoms with Crippen LogP contribution in [0.25, 0.3) is 0 Å². The van der Waals surface area contributed by atoms with Crippen LogP contribution in [0.2, 0.25) is 0 Å². The number of aryl methyl sites for hydroxylation is 1. The molecule has 134 valence electrons. The first-order valence-electron chi connectivity index (χ1n) is 8.57. The Morgan fingerprint density at radius 3 is 2.64 bits per heavy atom. The second-order valence-electron chi connectivity index (χ2n) is 7.32. The van der Waals surface area contributed by atoms with Crippen LogP contribution in [-0.4, -0.2) is 37.4 Å². The van der Waals surface area contributed by atoms with Gasteiger partial charge in [0.2, 0.25) is 0 Å². The van der Waals surface area contributed by atoms with Gasteiger partial charge >= 0.3 is 0 Å². The monoisotopic (exact) mass is 343 g/mol. The van der Waals surface area contributed by atoms with Crippen LogP contribution in [0.4, 0.5) is 11.4 Å². The minimum Gasteiger partial charge on any atom is -0.378 e. The predicted octanol–water partition coefficient (Wildman–Crippen LogP) is 3.37. The molecule has 25 heavy (non-hydrogen) atoms. The summed E-state index contributed by atoms with van der Waals surface area (Å²) in [6, 6.07) is 7.88. The number of morpholine rings is 1. The van der Waals surface area contributed by atoms with Crippen molar-refractivity contribution < 1.29 is 14.1 Å². The molecule has 0 atom stereocenters. The molecular weight excluding hydrogens is 318 g/mol. The minimum atomic E-state index is -0.264. The third-order valence-corrected chi connectivity index (χ3v) is 4.28. The smallest absolute Gasteiger partial charge is 0.261 e. The van der Waals surface area contributed by atoms with Crippen molar-refractivity contribution in [2.75, 3.05) is 36.5 Å². The van der Waals surface area contributed by atoms with Gasteiger partial charge in [-0.15, -0.1) is 0 Å². The van der Waals surface area contributed by atoms with Gasteiger partial charge in [-0.25, -0.2) is 0 Å². The SMILES string of the molecule is Cc1onc(C(C)(C)C)c1C(=O)Nc1cccc(N2CCOCC2)c1. The van der Waals surface area contributed by atoms with Gasteiger partial charge < -0.3 is 19.5 Å². The van der Waals surface area contributed by atoms with E-state index in [0.29, 0.717) is 17.0 Å². The first-order valence-corrected chi connectivity index (χ1v) is 8.57. The van der Waals surface area contributed by atoms with Crippen LogP contribution < -0.4 is 10.2 Å². The van der Waals surface area contributed by atoms with Gasteiger partial charge in [0.05, 0.1) is 13.2 Å². The van der Waals surface area contributed by atoms with Crippen molar-refractivity contribution >= 4 is 17.3 Å². The van der Waals surface area contributed by atoms with Crippen LogP contribution in [0.1, 0.15) is 42.6 Å². The second-order valence-corrected chi connectivity index (χ2v) is 7.32. The molecule has 1 aliphatic rings.